The molecule has 0 atom stereocenters. The van der Waals surface area contributed by atoms with E-state index < -0.39 is 0 Å². The average molecular weight is 298 g/mol. The van der Waals surface area contributed by atoms with Crippen molar-refractivity contribution in [3.8, 4) is 0 Å². The van der Waals surface area contributed by atoms with Crippen molar-refractivity contribution in [2.24, 2.45) is 12.5 Å². The van der Waals surface area contributed by atoms with Gasteiger partial charge in [0.25, 0.3) is 0 Å². The van der Waals surface area contributed by atoms with Crippen molar-refractivity contribution in [2.75, 3.05) is 18.4 Å². The Morgan fingerprint density at radius 1 is 1.41 bits per heavy atom. The molecule has 2 aliphatic rings. The lowest BCUT2D eigenvalue weighted by molar-refractivity contribution is 0.120. The minimum absolute atomic E-state index is 0.521. The standard InChI is InChI=1S/C16H22N6/c1-21-9-13(8-19-21)10-22-5-3-16(11-22)6-14(7-16)20-15-2-4-17-12-18-15/h2,4,8-9,12,14H,3,5-7,10-11H2,1H3,(H,17,18,20). The van der Waals surface area contributed by atoms with Gasteiger partial charge in [-0.15, -0.1) is 0 Å². The molecule has 0 bridgehead atoms. The molecule has 1 N–H and O–H groups in total. The summed E-state index contributed by atoms with van der Waals surface area (Å²) in [5.74, 6) is 0.945. The number of likely N-dealkylation sites (tertiary alicyclic amines) is 1. The van der Waals surface area contributed by atoms with Crippen LogP contribution in [0.1, 0.15) is 24.8 Å². The van der Waals surface area contributed by atoms with Gasteiger partial charge >= 0.3 is 0 Å². The molecule has 3 heterocycles. The smallest absolute Gasteiger partial charge is 0.129 e. The fourth-order valence-electron chi connectivity index (χ4n) is 3.98. The molecule has 1 saturated heterocycles. The van der Waals surface area contributed by atoms with Gasteiger partial charge in [0.05, 0.1) is 6.20 Å². The van der Waals surface area contributed by atoms with Crippen molar-refractivity contribution in [2.45, 2.75) is 31.8 Å². The van der Waals surface area contributed by atoms with Crippen LogP contribution in [0.15, 0.2) is 31.0 Å². The maximum Gasteiger partial charge on any atom is 0.129 e. The van der Waals surface area contributed by atoms with Crippen LogP contribution in [-0.2, 0) is 13.6 Å². The van der Waals surface area contributed by atoms with E-state index in [2.05, 4.69) is 31.5 Å². The van der Waals surface area contributed by atoms with Crippen molar-refractivity contribution in [1.82, 2.24) is 24.6 Å². The number of aromatic nitrogens is 4. The van der Waals surface area contributed by atoms with Crippen LogP contribution in [0.2, 0.25) is 0 Å². The first-order chi connectivity index (χ1) is 10.7. The second-order valence-electron chi connectivity index (χ2n) is 6.83. The van der Waals surface area contributed by atoms with Crippen molar-refractivity contribution in [3.63, 3.8) is 0 Å². The molecule has 6 nitrogen and oxygen atoms in total. The molecule has 2 aromatic heterocycles. The molecular formula is C16H22N6. The van der Waals surface area contributed by atoms with Crippen LogP contribution < -0.4 is 5.32 Å². The highest BCUT2D eigenvalue weighted by molar-refractivity contribution is 5.34. The van der Waals surface area contributed by atoms with Gasteiger partial charge in [0.2, 0.25) is 0 Å². The summed E-state index contributed by atoms with van der Waals surface area (Å²) < 4.78 is 1.88. The van der Waals surface area contributed by atoms with Gasteiger partial charge in [0, 0.05) is 44.1 Å². The maximum atomic E-state index is 4.26. The Hall–Kier alpha value is -1.95. The number of nitrogens with one attached hydrogen (secondary N) is 1. The number of aryl methyl sites for hydroxylation is 1. The van der Waals surface area contributed by atoms with Gasteiger partial charge in [0.15, 0.2) is 0 Å². The maximum absolute atomic E-state index is 4.26. The molecule has 1 aliphatic heterocycles. The minimum atomic E-state index is 0.521. The van der Waals surface area contributed by atoms with E-state index in [0.717, 1.165) is 12.4 Å². The number of anilines is 1. The SMILES string of the molecule is Cn1cc(CN2CCC3(CC(Nc4ccncn4)C3)C2)cn1. The Balaban J connectivity index is 1.29. The van der Waals surface area contributed by atoms with E-state index in [1.807, 2.05) is 24.0 Å². The van der Waals surface area contributed by atoms with Gasteiger partial charge < -0.3 is 5.32 Å². The first-order valence-corrected chi connectivity index (χ1v) is 7.93. The molecule has 1 spiro atoms. The van der Waals surface area contributed by atoms with Crippen molar-refractivity contribution in [1.29, 1.82) is 0 Å². The molecule has 2 aromatic rings. The van der Waals surface area contributed by atoms with E-state index in [9.17, 15) is 0 Å². The van der Waals surface area contributed by atoms with Gasteiger partial charge in [-0.2, -0.15) is 5.10 Å². The summed E-state index contributed by atoms with van der Waals surface area (Å²) in [5, 5.41) is 7.77. The molecule has 0 radical (unpaired) electrons. The third-order valence-electron chi connectivity index (χ3n) is 4.97. The van der Waals surface area contributed by atoms with Crippen LogP contribution in [-0.4, -0.2) is 43.8 Å². The fraction of sp³-hybridized carbons (Fsp3) is 0.562. The van der Waals surface area contributed by atoms with Crippen LogP contribution >= 0.6 is 0 Å². The van der Waals surface area contributed by atoms with Crippen LogP contribution in [0, 0.1) is 5.41 Å². The molecule has 1 aliphatic carbocycles. The van der Waals surface area contributed by atoms with Gasteiger partial charge in [-0.25, -0.2) is 9.97 Å². The van der Waals surface area contributed by atoms with E-state index in [1.54, 1.807) is 12.5 Å². The van der Waals surface area contributed by atoms with Crippen molar-refractivity contribution < 1.29 is 0 Å². The monoisotopic (exact) mass is 298 g/mol. The number of rotatable bonds is 4. The molecule has 0 amide bonds. The number of hydrogen-bond acceptors (Lipinski definition) is 5. The molecule has 0 aromatic carbocycles. The zero-order chi connectivity index (χ0) is 15.0. The van der Waals surface area contributed by atoms with Crippen molar-refractivity contribution >= 4 is 5.82 Å². The molecular weight excluding hydrogens is 276 g/mol. The first kappa shape index (κ1) is 13.7. The van der Waals surface area contributed by atoms with E-state index in [1.165, 1.54) is 37.9 Å². The van der Waals surface area contributed by atoms with Gasteiger partial charge in [-0.1, -0.05) is 0 Å². The second-order valence-corrected chi connectivity index (χ2v) is 6.83. The average Bonchev–Trinajstić information content (AvgIpc) is 3.07. The van der Waals surface area contributed by atoms with Crippen LogP contribution in [0.25, 0.3) is 0 Å². The Labute approximate surface area is 130 Å². The first-order valence-electron chi connectivity index (χ1n) is 7.93. The fourth-order valence-corrected chi connectivity index (χ4v) is 3.98. The largest absolute Gasteiger partial charge is 0.367 e. The van der Waals surface area contributed by atoms with Crippen LogP contribution in [0.3, 0.4) is 0 Å². The Morgan fingerprint density at radius 2 is 2.32 bits per heavy atom. The zero-order valence-corrected chi connectivity index (χ0v) is 12.9. The third-order valence-corrected chi connectivity index (χ3v) is 4.97. The molecule has 0 unspecified atom stereocenters. The van der Waals surface area contributed by atoms with E-state index in [0.29, 0.717) is 11.5 Å². The zero-order valence-electron chi connectivity index (χ0n) is 12.9. The molecule has 6 heteroatoms. The lowest BCUT2D eigenvalue weighted by Gasteiger charge is -2.45. The van der Waals surface area contributed by atoms with Gasteiger partial charge in [-0.3, -0.25) is 9.58 Å². The number of nitrogens with zero attached hydrogens (tertiary/aromatic N) is 5. The molecule has 22 heavy (non-hydrogen) atoms. The highest BCUT2D eigenvalue weighted by Gasteiger charge is 2.48. The Kier molecular flexibility index (Phi) is 3.33. The van der Waals surface area contributed by atoms with E-state index in [4.69, 9.17) is 0 Å². The highest BCUT2D eigenvalue weighted by atomic mass is 15.2. The third kappa shape index (κ3) is 2.70. The molecule has 1 saturated carbocycles. The van der Waals surface area contributed by atoms with Crippen LogP contribution in [0.5, 0.6) is 0 Å². The minimum Gasteiger partial charge on any atom is -0.367 e. The lowest BCUT2D eigenvalue weighted by Crippen LogP contribution is -2.46. The molecule has 2 fully saturated rings. The highest BCUT2D eigenvalue weighted by Crippen LogP contribution is 2.49. The summed E-state index contributed by atoms with van der Waals surface area (Å²) in [4.78, 5) is 10.8. The lowest BCUT2D eigenvalue weighted by atomic mass is 9.65. The second kappa shape index (κ2) is 5.35. The normalized spacial score (nSPS) is 28.0. The summed E-state index contributed by atoms with van der Waals surface area (Å²) in [6.07, 6.45) is 11.3. The quantitative estimate of drug-likeness (QED) is 0.930. The predicted octanol–water partition coefficient (Wildman–Crippen LogP) is 1.68. The molecule has 116 valence electrons. The van der Waals surface area contributed by atoms with Gasteiger partial charge in [0.1, 0.15) is 12.1 Å². The predicted molar refractivity (Wildman–Crippen MR) is 84.2 cm³/mol. The Morgan fingerprint density at radius 3 is 3.05 bits per heavy atom. The van der Waals surface area contributed by atoms with Gasteiger partial charge in [-0.05, 0) is 37.3 Å². The van der Waals surface area contributed by atoms with Crippen molar-refractivity contribution in [3.05, 3.63) is 36.5 Å². The van der Waals surface area contributed by atoms with E-state index in [-0.39, 0.29) is 0 Å². The summed E-state index contributed by atoms with van der Waals surface area (Å²) in [6, 6.07) is 2.50. The Bertz CT molecular complexity index is 631. The number of hydrogen-bond donors (Lipinski definition) is 1. The topological polar surface area (TPSA) is 58.9 Å². The summed E-state index contributed by atoms with van der Waals surface area (Å²) >= 11 is 0. The summed E-state index contributed by atoms with van der Waals surface area (Å²) in [6.45, 7) is 3.44. The summed E-state index contributed by atoms with van der Waals surface area (Å²) in [7, 11) is 1.98. The molecule has 4 rings (SSSR count). The van der Waals surface area contributed by atoms with E-state index >= 15 is 0 Å². The van der Waals surface area contributed by atoms with Crippen LogP contribution in [0.4, 0.5) is 5.82 Å². The summed E-state index contributed by atoms with van der Waals surface area (Å²) in [5.41, 5.74) is 1.84.